The second-order valence-electron chi connectivity index (χ2n) is 3.88. The number of ether oxygens (including phenoxy) is 1. The van der Waals surface area contributed by atoms with Crippen LogP contribution in [0, 0.1) is 5.92 Å². The van der Waals surface area contributed by atoms with Gasteiger partial charge < -0.3 is 15.8 Å². The van der Waals surface area contributed by atoms with Gasteiger partial charge >= 0.3 is 0 Å². The van der Waals surface area contributed by atoms with Gasteiger partial charge in [0, 0.05) is 12.5 Å². The van der Waals surface area contributed by atoms with Gasteiger partial charge in [0.1, 0.15) is 5.00 Å². The summed E-state index contributed by atoms with van der Waals surface area (Å²) >= 11 is 1.40. The van der Waals surface area contributed by atoms with Gasteiger partial charge in [0.25, 0.3) is 0 Å². The van der Waals surface area contributed by atoms with Crippen LogP contribution in [0.3, 0.4) is 0 Å². The molecule has 0 bridgehead atoms. The highest BCUT2D eigenvalue weighted by atomic mass is 32.1. The number of nitrogens with one attached hydrogen (secondary N) is 1. The zero-order valence-corrected chi connectivity index (χ0v) is 10.3. The van der Waals surface area contributed by atoms with Crippen LogP contribution < -0.4 is 15.8 Å². The van der Waals surface area contributed by atoms with Crippen LogP contribution >= 0.6 is 11.3 Å². The maximum atomic E-state index is 12.0. The summed E-state index contributed by atoms with van der Waals surface area (Å²) in [6.07, 6.45) is 1.99. The number of carbonyl (C=O) groups excluding carboxylic acids is 1. The smallest absolute Gasteiger partial charge is 0.178 e. The summed E-state index contributed by atoms with van der Waals surface area (Å²) in [4.78, 5) is 12.6. The van der Waals surface area contributed by atoms with E-state index in [4.69, 9.17) is 10.5 Å². The molecule has 0 unspecified atom stereocenters. The lowest BCUT2D eigenvalue weighted by molar-refractivity contribution is 0.0972. The van der Waals surface area contributed by atoms with Crippen LogP contribution in [0.2, 0.25) is 0 Å². The Bertz CT molecular complexity index is 410. The van der Waals surface area contributed by atoms with E-state index in [1.165, 1.54) is 11.3 Å². The minimum absolute atomic E-state index is 0.171. The van der Waals surface area contributed by atoms with Crippen molar-refractivity contribution in [3.63, 3.8) is 0 Å². The van der Waals surface area contributed by atoms with Gasteiger partial charge in [-0.3, -0.25) is 4.79 Å². The molecule has 0 amide bonds. The molecule has 1 aliphatic carbocycles. The third-order valence-corrected chi connectivity index (χ3v) is 3.77. The standard InChI is InChI=1S/C11H16N2O2S/c1-3-13-11-9(15-2)7(12)10(16-11)8(14)6-4-5-6/h6,13H,3-5,12H2,1-2H3. The molecule has 0 aromatic carbocycles. The minimum atomic E-state index is 0.171. The molecule has 3 N–H and O–H groups in total. The predicted octanol–water partition coefficient (Wildman–Crippen LogP) is 2.36. The Morgan fingerprint density at radius 2 is 2.31 bits per heavy atom. The fourth-order valence-corrected chi connectivity index (χ4v) is 2.80. The summed E-state index contributed by atoms with van der Waals surface area (Å²) in [7, 11) is 1.57. The van der Waals surface area contributed by atoms with E-state index in [-0.39, 0.29) is 11.7 Å². The molecule has 1 heterocycles. The van der Waals surface area contributed by atoms with Gasteiger partial charge in [-0.15, -0.1) is 11.3 Å². The Morgan fingerprint density at radius 3 is 2.81 bits per heavy atom. The Morgan fingerprint density at radius 1 is 1.62 bits per heavy atom. The molecule has 1 fully saturated rings. The Hall–Kier alpha value is -1.23. The number of nitrogen functional groups attached to an aromatic ring is 1. The van der Waals surface area contributed by atoms with Crippen LogP contribution in [0.5, 0.6) is 5.75 Å². The van der Waals surface area contributed by atoms with E-state index in [2.05, 4.69) is 5.32 Å². The number of ketones is 1. The van der Waals surface area contributed by atoms with Crippen LogP contribution in [-0.4, -0.2) is 19.4 Å². The molecule has 1 aromatic heterocycles. The largest absolute Gasteiger partial charge is 0.492 e. The number of nitrogens with two attached hydrogens (primary N) is 1. The first kappa shape index (κ1) is 11.3. The van der Waals surface area contributed by atoms with Crippen LogP contribution in [0.4, 0.5) is 10.7 Å². The number of rotatable bonds is 5. The molecule has 1 aromatic rings. The lowest BCUT2D eigenvalue weighted by Gasteiger charge is -2.03. The lowest BCUT2D eigenvalue weighted by atomic mass is 10.2. The Kier molecular flexibility index (Phi) is 3.05. The number of hydrogen-bond acceptors (Lipinski definition) is 5. The third kappa shape index (κ3) is 1.87. The molecule has 4 nitrogen and oxygen atoms in total. The topological polar surface area (TPSA) is 64.4 Å². The van der Waals surface area contributed by atoms with Crippen molar-refractivity contribution in [3.8, 4) is 5.75 Å². The summed E-state index contributed by atoms with van der Waals surface area (Å²) < 4.78 is 5.23. The minimum Gasteiger partial charge on any atom is -0.492 e. The molecule has 5 heteroatoms. The number of methoxy groups -OCH3 is 1. The zero-order valence-electron chi connectivity index (χ0n) is 9.50. The van der Waals surface area contributed by atoms with Crippen molar-refractivity contribution >= 4 is 27.8 Å². The maximum absolute atomic E-state index is 12.0. The highest BCUT2D eigenvalue weighted by Gasteiger charge is 2.34. The summed E-state index contributed by atoms with van der Waals surface area (Å²) in [6.45, 7) is 2.78. The molecule has 0 saturated heterocycles. The van der Waals surface area contributed by atoms with Gasteiger partial charge in [-0.2, -0.15) is 0 Å². The Labute approximate surface area is 98.8 Å². The first-order valence-corrected chi connectivity index (χ1v) is 6.25. The average molecular weight is 240 g/mol. The number of thiophene rings is 1. The fourth-order valence-electron chi connectivity index (χ4n) is 1.62. The molecular weight excluding hydrogens is 224 g/mol. The summed E-state index contributed by atoms with van der Waals surface area (Å²) in [5, 5.41) is 4.02. The summed E-state index contributed by atoms with van der Waals surface area (Å²) in [5.41, 5.74) is 6.42. The summed E-state index contributed by atoms with van der Waals surface area (Å²) in [6, 6.07) is 0. The predicted molar refractivity (Wildman–Crippen MR) is 66.5 cm³/mol. The molecule has 88 valence electrons. The van der Waals surface area contributed by atoms with Crippen molar-refractivity contribution in [2.75, 3.05) is 24.7 Å². The van der Waals surface area contributed by atoms with Gasteiger partial charge in [0.05, 0.1) is 17.7 Å². The highest BCUT2D eigenvalue weighted by molar-refractivity contribution is 7.19. The van der Waals surface area contributed by atoms with Crippen LogP contribution in [0.25, 0.3) is 0 Å². The third-order valence-electron chi connectivity index (χ3n) is 2.61. The first-order valence-electron chi connectivity index (χ1n) is 5.43. The van der Waals surface area contributed by atoms with Crippen LogP contribution in [0.15, 0.2) is 0 Å². The van der Waals surface area contributed by atoms with E-state index in [1.54, 1.807) is 7.11 Å². The number of carbonyl (C=O) groups is 1. The van der Waals surface area contributed by atoms with Crippen LogP contribution in [0.1, 0.15) is 29.4 Å². The molecular formula is C11H16N2O2S. The normalized spacial score (nSPS) is 14.9. The monoisotopic (exact) mass is 240 g/mol. The second-order valence-corrected chi connectivity index (χ2v) is 4.90. The highest BCUT2D eigenvalue weighted by Crippen LogP contribution is 2.45. The molecule has 0 spiro atoms. The van der Waals surface area contributed by atoms with Gasteiger partial charge in [0.15, 0.2) is 11.5 Å². The van der Waals surface area contributed by atoms with Crippen molar-refractivity contribution in [1.29, 1.82) is 0 Å². The molecule has 16 heavy (non-hydrogen) atoms. The quantitative estimate of drug-likeness (QED) is 0.775. The van der Waals surface area contributed by atoms with Crippen molar-refractivity contribution in [3.05, 3.63) is 4.88 Å². The van der Waals surface area contributed by atoms with E-state index in [0.717, 1.165) is 24.4 Å². The van der Waals surface area contributed by atoms with Crippen molar-refractivity contribution in [2.45, 2.75) is 19.8 Å². The number of Topliss-reactive ketones (excluding diaryl/α,β-unsaturated/α-hetero) is 1. The first-order chi connectivity index (χ1) is 7.69. The van der Waals surface area contributed by atoms with Crippen molar-refractivity contribution < 1.29 is 9.53 Å². The van der Waals surface area contributed by atoms with Gasteiger partial charge in [-0.1, -0.05) is 0 Å². The van der Waals surface area contributed by atoms with Crippen molar-refractivity contribution in [1.82, 2.24) is 0 Å². The van der Waals surface area contributed by atoms with Gasteiger partial charge in [-0.25, -0.2) is 0 Å². The van der Waals surface area contributed by atoms with E-state index in [0.29, 0.717) is 16.3 Å². The average Bonchev–Trinajstić information content (AvgIpc) is 3.05. The Balaban J connectivity index is 2.34. The van der Waals surface area contributed by atoms with Crippen molar-refractivity contribution in [2.24, 2.45) is 5.92 Å². The zero-order chi connectivity index (χ0) is 11.7. The van der Waals surface area contributed by atoms with Gasteiger partial charge in [0.2, 0.25) is 0 Å². The SMILES string of the molecule is CCNc1sc(C(=O)C2CC2)c(N)c1OC. The lowest BCUT2D eigenvalue weighted by Crippen LogP contribution is -2.02. The molecule has 0 radical (unpaired) electrons. The maximum Gasteiger partial charge on any atom is 0.178 e. The number of anilines is 2. The molecule has 2 rings (SSSR count). The van der Waals surface area contributed by atoms with E-state index < -0.39 is 0 Å². The van der Waals surface area contributed by atoms with E-state index in [1.807, 2.05) is 6.92 Å². The fraction of sp³-hybridized carbons (Fsp3) is 0.545. The van der Waals surface area contributed by atoms with Gasteiger partial charge in [-0.05, 0) is 19.8 Å². The number of hydrogen-bond donors (Lipinski definition) is 2. The molecule has 0 atom stereocenters. The van der Waals surface area contributed by atoms with E-state index in [9.17, 15) is 4.79 Å². The van der Waals surface area contributed by atoms with Crippen LogP contribution in [-0.2, 0) is 0 Å². The van der Waals surface area contributed by atoms with E-state index >= 15 is 0 Å². The molecule has 1 aliphatic rings. The molecule has 1 saturated carbocycles. The summed E-state index contributed by atoms with van der Waals surface area (Å²) in [5.74, 6) is 0.973. The molecule has 0 aliphatic heterocycles. The second kappa shape index (κ2) is 4.33.